The molecule has 0 aliphatic carbocycles. The minimum atomic E-state index is -3.75. The molecule has 0 atom stereocenters. The van der Waals surface area contributed by atoms with Crippen LogP contribution in [-0.2, 0) is 10.0 Å². The molecule has 0 aliphatic rings. The smallest absolute Gasteiger partial charge is 0.264 e. The molecule has 0 saturated carbocycles. The SMILES string of the molecule is Cc1cc(C)cc(C(=O)Nc2cccc(S(=O)(=O)N(C)c3ccccc3)c2)c1. The Labute approximate surface area is 165 Å². The zero-order valence-corrected chi connectivity index (χ0v) is 16.8. The topological polar surface area (TPSA) is 66.5 Å². The highest BCUT2D eigenvalue weighted by Gasteiger charge is 2.21. The van der Waals surface area contributed by atoms with Crippen LogP contribution in [0.15, 0.2) is 77.7 Å². The van der Waals surface area contributed by atoms with Crippen LogP contribution in [0.4, 0.5) is 11.4 Å². The minimum Gasteiger partial charge on any atom is -0.322 e. The fraction of sp³-hybridized carbons (Fsp3) is 0.136. The maximum absolute atomic E-state index is 12.9. The zero-order valence-electron chi connectivity index (χ0n) is 16.0. The van der Waals surface area contributed by atoms with Crippen molar-refractivity contribution in [1.29, 1.82) is 0 Å². The molecule has 3 rings (SSSR count). The average molecular weight is 394 g/mol. The summed E-state index contributed by atoms with van der Waals surface area (Å²) < 4.78 is 27.1. The molecule has 0 bridgehead atoms. The lowest BCUT2D eigenvalue weighted by Gasteiger charge is -2.20. The summed E-state index contributed by atoms with van der Waals surface area (Å²) in [7, 11) is -2.24. The van der Waals surface area contributed by atoms with Gasteiger partial charge in [-0.1, -0.05) is 41.5 Å². The molecular weight excluding hydrogens is 372 g/mol. The van der Waals surface area contributed by atoms with E-state index in [4.69, 9.17) is 0 Å². The van der Waals surface area contributed by atoms with E-state index in [0.29, 0.717) is 16.9 Å². The minimum absolute atomic E-state index is 0.108. The molecule has 0 unspecified atom stereocenters. The summed E-state index contributed by atoms with van der Waals surface area (Å²) in [6.45, 7) is 3.85. The molecule has 0 radical (unpaired) electrons. The van der Waals surface area contributed by atoms with Gasteiger partial charge in [0.05, 0.1) is 10.6 Å². The summed E-state index contributed by atoms with van der Waals surface area (Å²) in [6, 6.07) is 20.7. The van der Waals surface area contributed by atoms with Gasteiger partial charge in [0, 0.05) is 18.3 Å². The van der Waals surface area contributed by atoms with Gasteiger partial charge in [-0.3, -0.25) is 9.10 Å². The first-order valence-electron chi connectivity index (χ1n) is 8.81. The Kier molecular flexibility index (Phi) is 5.51. The standard InChI is InChI=1S/C22H22N2O3S/c1-16-12-17(2)14-18(13-16)22(25)23-19-8-7-11-21(15-19)28(26,27)24(3)20-9-5-4-6-10-20/h4-15H,1-3H3,(H,23,25). The molecule has 144 valence electrons. The normalized spacial score (nSPS) is 11.1. The van der Waals surface area contributed by atoms with E-state index in [0.717, 1.165) is 11.1 Å². The Morgan fingerprint density at radius 2 is 1.50 bits per heavy atom. The van der Waals surface area contributed by atoms with E-state index in [1.54, 1.807) is 48.5 Å². The number of aryl methyl sites for hydroxylation is 2. The molecule has 1 amide bonds. The first kappa shape index (κ1) is 19.6. The highest BCUT2D eigenvalue weighted by Crippen LogP contribution is 2.24. The molecule has 3 aromatic rings. The Morgan fingerprint density at radius 3 is 2.14 bits per heavy atom. The van der Waals surface area contributed by atoms with Gasteiger partial charge in [-0.25, -0.2) is 8.42 Å². The van der Waals surface area contributed by atoms with E-state index in [1.165, 1.54) is 23.5 Å². The lowest BCUT2D eigenvalue weighted by atomic mass is 10.1. The summed E-state index contributed by atoms with van der Waals surface area (Å²) in [5.74, 6) is -0.280. The van der Waals surface area contributed by atoms with Crippen LogP contribution in [0.5, 0.6) is 0 Å². The summed E-state index contributed by atoms with van der Waals surface area (Å²) in [6.07, 6.45) is 0. The van der Waals surface area contributed by atoms with E-state index in [-0.39, 0.29) is 10.8 Å². The van der Waals surface area contributed by atoms with Crippen molar-refractivity contribution < 1.29 is 13.2 Å². The number of hydrogen-bond donors (Lipinski definition) is 1. The van der Waals surface area contributed by atoms with Crippen LogP contribution in [0.25, 0.3) is 0 Å². The van der Waals surface area contributed by atoms with Crippen molar-refractivity contribution in [2.75, 3.05) is 16.7 Å². The van der Waals surface area contributed by atoms with Gasteiger partial charge >= 0.3 is 0 Å². The number of amides is 1. The van der Waals surface area contributed by atoms with Crippen molar-refractivity contribution >= 4 is 27.3 Å². The maximum atomic E-state index is 12.9. The van der Waals surface area contributed by atoms with Crippen molar-refractivity contribution in [2.45, 2.75) is 18.7 Å². The Balaban J connectivity index is 1.86. The molecule has 0 heterocycles. The van der Waals surface area contributed by atoms with Crippen LogP contribution in [0, 0.1) is 13.8 Å². The molecule has 0 aromatic heterocycles. The number of carbonyl (C=O) groups is 1. The van der Waals surface area contributed by atoms with Crippen LogP contribution >= 0.6 is 0 Å². The van der Waals surface area contributed by atoms with Crippen LogP contribution < -0.4 is 9.62 Å². The predicted molar refractivity (Wildman–Crippen MR) is 112 cm³/mol. The van der Waals surface area contributed by atoms with E-state index < -0.39 is 10.0 Å². The number of nitrogens with one attached hydrogen (secondary N) is 1. The van der Waals surface area contributed by atoms with Crippen LogP contribution in [0.2, 0.25) is 0 Å². The van der Waals surface area contributed by atoms with Gasteiger partial charge < -0.3 is 5.32 Å². The Hall–Kier alpha value is -3.12. The van der Waals surface area contributed by atoms with E-state index in [1.807, 2.05) is 26.0 Å². The second kappa shape index (κ2) is 7.86. The summed E-state index contributed by atoms with van der Waals surface area (Å²) in [5, 5.41) is 2.78. The van der Waals surface area contributed by atoms with E-state index >= 15 is 0 Å². The predicted octanol–water partition coefficient (Wildman–Crippen LogP) is 4.38. The van der Waals surface area contributed by atoms with Gasteiger partial charge in [-0.05, 0) is 56.3 Å². The van der Waals surface area contributed by atoms with Crippen molar-refractivity contribution in [3.63, 3.8) is 0 Å². The number of para-hydroxylation sites is 1. The van der Waals surface area contributed by atoms with Crippen LogP contribution in [0.3, 0.4) is 0 Å². The average Bonchev–Trinajstić information content (AvgIpc) is 2.67. The van der Waals surface area contributed by atoms with Gasteiger partial charge in [-0.2, -0.15) is 0 Å². The van der Waals surface area contributed by atoms with Crippen molar-refractivity contribution in [3.05, 3.63) is 89.5 Å². The highest BCUT2D eigenvalue weighted by atomic mass is 32.2. The van der Waals surface area contributed by atoms with E-state index in [9.17, 15) is 13.2 Å². The van der Waals surface area contributed by atoms with Gasteiger partial charge in [0.1, 0.15) is 0 Å². The number of rotatable bonds is 5. The number of carbonyl (C=O) groups excluding carboxylic acids is 1. The molecular formula is C22H22N2O3S. The second-order valence-corrected chi connectivity index (χ2v) is 8.64. The number of hydrogen-bond acceptors (Lipinski definition) is 3. The van der Waals surface area contributed by atoms with Gasteiger partial charge in [0.25, 0.3) is 15.9 Å². The zero-order chi connectivity index (χ0) is 20.3. The van der Waals surface area contributed by atoms with Crippen molar-refractivity contribution in [1.82, 2.24) is 0 Å². The monoisotopic (exact) mass is 394 g/mol. The molecule has 6 heteroatoms. The maximum Gasteiger partial charge on any atom is 0.264 e. The molecule has 0 fully saturated rings. The molecule has 0 saturated heterocycles. The first-order chi connectivity index (χ1) is 13.3. The second-order valence-electron chi connectivity index (χ2n) is 6.67. The third-order valence-corrected chi connectivity index (χ3v) is 6.14. The number of anilines is 2. The fourth-order valence-electron chi connectivity index (χ4n) is 2.98. The number of nitrogens with zero attached hydrogens (tertiary/aromatic N) is 1. The molecule has 5 nitrogen and oxygen atoms in total. The van der Waals surface area contributed by atoms with Gasteiger partial charge in [-0.15, -0.1) is 0 Å². The van der Waals surface area contributed by atoms with Crippen LogP contribution in [-0.4, -0.2) is 21.4 Å². The third-order valence-electron chi connectivity index (χ3n) is 4.35. The quantitative estimate of drug-likeness (QED) is 0.698. The van der Waals surface area contributed by atoms with Crippen molar-refractivity contribution in [3.8, 4) is 0 Å². The van der Waals surface area contributed by atoms with Crippen LogP contribution in [0.1, 0.15) is 21.5 Å². The largest absolute Gasteiger partial charge is 0.322 e. The Bertz CT molecular complexity index is 1090. The third kappa shape index (κ3) is 4.23. The lowest BCUT2D eigenvalue weighted by molar-refractivity contribution is 0.102. The fourth-order valence-corrected chi connectivity index (χ4v) is 4.22. The number of sulfonamides is 1. The summed E-state index contributed by atoms with van der Waals surface area (Å²) >= 11 is 0. The first-order valence-corrected chi connectivity index (χ1v) is 10.2. The highest BCUT2D eigenvalue weighted by molar-refractivity contribution is 7.92. The lowest BCUT2D eigenvalue weighted by Crippen LogP contribution is -2.26. The molecule has 0 spiro atoms. The summed E-state index contributed by atoms with van der Waals surface area (Å²) in [5.41, 5.74) is 3.50. The molecule has 3 aromatic carbocycles. The number of benzene rings is 3. The molecule has 1 N–H and O–H groups in total. The van der Waals surface area contributed by atoms with Gasteiger partial charge in [0.2, 0.25) is 0 Å². The molecule has 28 heavy (non-hydrogen) atoms. The summed E-state index contributed by atoms with van der Waals surface area (Å²) in [4.78, 5) is 12.7. The van der Waals surface area contributed by atoms with Crippen molar-refractivity contribution in [2.24, 2.45) is 0 Å². The van der Waals surface area contributed by atoms with Gasteiger partial charge in [0.15, 0.2) is 0 Å². The molecule has 0 aliphatic heterocycles. The van der Waals surface area contributed by atoms with E-state index in [2.05, 4.69) is 5.32 Å². The Morgan fingerprint density at radius 1 is 0.857 bits per heavy atom.